The van der Waals surface area contributed by atoms with Gasteiger partial charge in [-0.15, -0.1) is 0 Å². The van der Waals surface area contributed by atoms with E-state index in [1.54, 1.807) is 13.8 Å². The highest BCUT2D eigenvalue weighted by Crippen LogP contribution is 2.31. The number of hydrogen-bond donors (Lipinski definition) is 1. The van der Waals surface area contributed by atoms with Crippen LogP contribution in [0, 0.1) is 13.8 Å². The standard InChI is InChI=1S/C22H19F3N2O5/c1-13-9-17(14(2)27(13)16-6-3-5-15(10-16)22(23,24)25)18(28)12-32-20(29)11-26-21(30)19-7-4-8-31-19/h3-10H,11-12H2,1-2H3,(H,26,30). The van der Waals surface area contributed by atoms with Crippen molar-refractivity contribution in [1.29, 1.82) is 0 Å². The molecule has 10 heteroatoms. The van der Waals surface area contributed by atoms with Crippen LogP contribution in [0.4, 0.5) is 13.2 Å². The molecule has 7 nitrogen and oxygen atoms in total. The fourth-order valence-corrected chi connectivity index (χ4v) is 3.19. The van der Waals surface area contributed by atoms with Crippen molar-refractivity contribution in [1.82, 2.24) is 9.88 Å². The predicted octanol–water partition coefficient (Wildman–Crippen LogP) is 3.86. The van der Waals surface area contributed by atoms with Gasteiger partial charge in [0.15, 0.2) is 12.4 Å². The van der Waals surface area contributed by atoms with Crippen LogP contribution in [0.25, 0.3) is 5.69 Å². The van der Waals surface area contributed by atoms with E-state index in [9.17, 15) is 27.6 Å². The maximum atomic E-state index is 13.0. The molecule has 1 amide bonds. The second kappa shape index (κ2) is 9.13. The number of ether oxygens (including phenoxy) is 1. The minimum atomic E-state index is -4.50. The van der Waals surface area contributed by atoms with E-state index in [2.05, 4.69) is 5.32 Å². The molecule has 1 aromatic carbocycles. The van der Waals surface area contributed by atoms with Crippen molar-refractivity contribution in [2.75, 3.05) is 13.2 Å². The molecule has 0 atom stereocenters. The molecule has 0 unspecified atom stereocenters. The van der Waals surface area contributed by atoms with E-state index in [0.717, 1.165) is 12.1 Å². The highest BCUT2D eigenvalue weighted by molar-refractivity contribution is 5.99. The maximum absolute atomic E-state index is 13.0. The molecule has 32 heavy (non-hydrogen) atoms. The van der Waals surface area contributed by atoms with Crippen molar-refractivity contribution in [3.63, 3.8) is 0 Å². The Hall–Kier alpha value is -3.82. The number of aryl methyl sites for hydroxylation is 1. The van der Waals surface area contributed by atoms with Crippen LogP contribution in [-0.2, 0) is 15.7 Å². The number of amides is 1. The van der Waals surface area contributed by atoms with Gasteiger partial charge < -0.3 is 19.0 Å². The van der Waals surface area contributed by atoms with E-state index in [0.29, 0.717) is 11.4 Å². The topological polar surface area (TPSA) is 90.5 Å². The van der Waals surface area contributed by atoms with Crippen LogP contribution in [0.2, 0.25) is 0 Å². The molecule has 0 bridgehead atoms. The lowest BCUT2D eigenvalue weighted by molar-refractivity contribution is -0.141. The maximum Gasteiger partial charge on any atom is 0.416 e. The van der Waals surface area contributed by atoms with Gasteiger partial charge in [0, 0.05) is 22.6 Å². The Morgan fingerprint density at radius 1 is 1.09 bits per heavy atom. The lowest BCUT2D eigenvalue weighted by Gasteiger charge is -2.13. The van der Waals surface area contributed by atoms with Gasteiger partial charge in [-0.3, -0.25) is 14.4 Å². The third-order valence-electron chi connectivity index (χ3n) is 4.67. The van der Waals surface area contributed by atoms with Crippen molar-refractivity contribution in [2.24, 2.45) is 0 Å². The van der Waals surface area contributed by atoms with Gasteiger partial charge in [-0.05, 0) is 50.2 Å². The van der Waals surface area contributed by atoms with E-state index >= 15 is 0 Å². The zero-order valence-corrected chi connectivity index (χ0v) is 17.2. The van der Waals surface area contributed by atoms with Crippen LogP contribution in [0.3, 0.4) is 0 Å². The number of Topliss-reactive ketones (excluding diaryl/α,β-unsaturated/α-hetero) is 1. The normalized spacial score (nSPS) is 11.3. The molecule has 0 fully saturated rings. The summed E-state index contributed by atoms with van der Waals surface area (Å²) in [6, 6.07) is 9.21. The quantitative estimate of drug-likeness (QED) is 0.438. The number of nitrogens with zero attached hydrogens (tertiary/aromatic N) is 1. The number of rotatable bonds is 7. The van der Waals surface area contributed by atoms with Crippen molar-refractivity contribution in [2.45, 2.75) is 20.0 Å². The summed E-state index contributed by atoms with van der Waals surface area (Å²) in [6.45, 7) is 2.20. The second-order valence-corrected chi connectivity index (χ2v) is 6.91. The minimum Gasteiger partial charge on any atom is -0.459 e. The van der Waals surface area contributed by atoms with Crippen molar-refractivity contribution >= 4 is 17.7 Å². The summed E-state index contributed by atoms with van der Waals surface area (Å²) in [6.07, 6.45) is -3.19. The Kier molecular flexibility index (Phi) is 6.52. The molecule has 0 saturated heterocycles. The molecular formula is C22H19F3N2O5. The lowest BCUT2D eigenvalue weighted by atomic mass is 10.1. The molecule has 0 saturated carbocycles. The molecule has 0 aliphatic carbocycles. The van der Waals surface area contributed by atoms with E-state index in [-0.39, 0.29) is 17.0 Å². The Morgan fingerprint density at radius 2 is 1.84 bits per heavy atom. The molecular weight excluding hydrogens is 429 g/mol. The number of ketones is 1. The first-order chi connectivity index (χ1) is 15.1. The summed E-state index contributed by atoms with van der Waals surface area (Å²) >= 11 is 0. The first-order valence-corrected chi connectivity index (χ1v) is 9.45. The molecule has 0 aliphatic heterocycles. The van der Waals surface area contributed by atoms with Crippen LogP contribution in [0.15, 0.2) is 53.1 Å². The number of hydrogen-bond acceptors (Lipinski definition) is 5. The fraction of sp³-hybridized carbons (Fsp3) is 0.227. The van der Waals surface area contributed by atoms with Crippen molar-refractivity contribution < 1.29 is 36.7 Å². The van der Waals surface area contributed by atoms with Crippen LogP contribution >= 0.6 is 0 Å². The number of halogens is 3. The Labute approximate surface area is 180 Å². The highest BCUT2D eigenvalue weighted by atomic mass is 19.4. The molecule has 0 aliphatic rings. The van der Waals surface area contributed by atoms with Gasteiger partial charge in [-0.25, -0.2) is 0 Å². The molecule has 2 aromatic heterocycles. The number of nitrogens with one attached hydrogen (secondary N) is 1. The first-order valence-electron chi connectivity index (χ1n) is 9.45. The van der Waals surface area contributed by atoms with E-state index in [4.69, 9.17) is 9.15 Å². The van der Waals surface area contributed by atoms with E-state index in [1.807, 2.05) is 0 Å². The van der Waals surface area contributed by atoms with Gasteiger partial charge >= 0.3 is 12.1 Å². The number of carbonyl (C=O) groups excluding carboxylic acids is 3. The zero-order valence-electron chi connectivity index (χ0n) is 17.2. The van der Waals surface area contributed by atoms with Crippen LogP contribution in [-0.4, -0.2) is 35.4 Å². The van der Waals surface area contributed by atoms with Crippen LogP contribution in [0.1, 0.15) is 37.9 Å². The molecule has 0 spiro atoms. The van der Waals surface area contributed by atoms with Gasteiger partial charge in [-0.1, -0.05) is 6.07 Å². The number of furan rings is 1. The monoisotopic (exact) mass is 448 g/mol. The number of alkyl halides is 3. The van der Waals surface area contributed by atoms with Crippen LogP contribution < -0.4 is 5.32 Å². The number of aromatic nitrogens is 1. The molecule has 3 aromatic rings. The van der Waals surface area contributed by atoms with Crippen molar-refractivity contribution in [3.05, 3.63) is 77.0 Å². The molecule has 2 heterocycles. The van der Waals surface area contributed by atoms with E-state index < -0.39 is 42.6 Å². The smallest absolute Gasteiger partial charge is 0.416 e. The van der Waals surface area contributed by atoms with Gasteiger partial charge in [0.05, 0.1) is 11.8 Å². The van der Waals surface area contributed by atoms with Gasteiger partial charge in [0.1, 0.15) is 6.54 Å². The SMILES string of the molecule is Cc1cc(C(=O)COC(=O)CNC(=O)c2ccco2)c(C)n1-c1cccc(C(F)(F)F)c1. The predicted molar refractivity (Wildman–Crippen MR) is 107 cm³/mol. The number of benzene rings is 1. The summed E-state index contributed by atoms with van der Waals surface area (Å²) in [4.78, 5) is 36.1. The minimum absolute atomic E-state index is 0.0240. The number of esters is 1. The third kappa shape index (κ3) is 5.08. The molecule has 168 valence electrons. The van der Waals surface area contributed by atoms with Gasteiger partial charge in [0.2, 0.25) is 5.78 Å². The summed E-state index contributed by atoms with van der Waals surface area (Å²) in [7, 11) is 0. The summed E-state index contributed by atoms with van der Waals surface area (Å²) in [5.74, 6) is -1.94. The fourth-order valence-electron chi connectivity index (χ4n) is 3.19. The second-order valence-electron chi connectivity index (χ2n) is 6.91. The largest absolute Gasteiger partial charge is 0.459 e. The Balaban J connectivity index is 1.66. The molecule has 3 rings (SSSR count). The van der Waals surface area contributed by atoms with Gasteiger partial charge in [0.25, 0.3) is 5.91 Å². The third-order valence-corrected chi connectivity index (χ3v) is 4.67. The summed E-state index contributed by atoms with van der Waals surface area (Å²) < 4.78 is 50.4. The van der Waals surface area contributed by atoms with Gasteiger partial charge in [-0.2, -0.15) is 13.2 Å². The average molecular weight is 448 g/mol. The zero-order chi connectivity index (χ0) is 23.5. The molecule has 1 N–H and O–H groups in total. The van der Waals surface area contributed by atoms with Crippen molar-refractivity contribution in [3.8, 4) is 5.69 Å². The van der Waals surface area contributed by atoms with E-state index in [1.165, 1.54) is 41.2 Å². The summed E-state index contributed by atoms with van der Waals surface area (Å²) in [5, 5.41) is 2.30. The lowest BCUT2D eigenvalue weighted by Crippen LogP contribution is -2.31. The Bertz CT molecular complexity index is 1150. The first kappa shape index (κ1) is 22.9. The summed E-state index contributed by atoms with van der Waals surface area (Å²) in [5.41, 5.74) is 0.621. The van der Waals surface area contributed by atoms with Crippen LogP contribution in [0.5, 0.6) is 0 Å². The number of carbonyl (C=O) groups is 3. The highest BCUT2D eigenvalue weighted by Gasteiger charge is 2.31. The Morgan fingerprint density at radius 3 is 2.50 bits per heavy atom. The molecule has 0 radical (unpaired) electrons. The average Bonchev–Trinajstić information content (AvgIpc) is 3.38.